The molecular weight excluding hydrogens is 390 g/mol. The molecule has 0 bridgehead atoms. The molecule has 1 aliphatic carbocycles. The molecule has 6 nitrogen and oxygen atoms in total. The van der Waals surface area contributed by atoms with Gasteiger partial charge in [0.05, 0.1) is 17.9 Å². The predicted octanol–water partition coefficient (Wildman–Crippen LogP) is 4.42. The van der Waals surface area contributed by atoms with Crippen molar-refractivity contribution < 1.29 is 23.9 Å². The first-order valence-electron chi connectivity index (χ1n) is 9.95. The van der Waals surface area contributed by atoms with Crippen molar-refractivity contribution in [3.63, 3.8) is 0 Å². The zero-order valence-corrected chi connectivity index (χ0v) is 18.3. The Morgan fingerprint density at radius 2 is 2.00 bits per heavy atom. The Bertz CT molecular complexity index is 955. The Morgan fingerprint density at radius 1 is 1.28 bits per heavy atom. The molecule has 0 saturated carbocycles. The first kappa shape index (κ1) is 21.3. The summed E-state index contributed by atoms with van der Waals surface area (Å²) >= 11 is 1.46. The van der Waals surface area contributed by atoms with Crippen LogP contribution in [0.1, 0.15) is 79.4 Å². The number of aryl methyl sites for hydroxylation is 2. The summed E-state index contributed by atoms with van der Waals surface area (Å²) in [4.78, 5) is 42.3. The molecule has 2 atom stereocenters. The molecule has 0 saturated heterocycles. The number of esters is 2. The van der Waals surface area contributed by atoms with Crippen molar-refractivity contribution in [1.29, 1.82) is 0 Å². The van der Waals surface area contributed by atoms with Gasteiger partial charge in [-0.05, 0) is 70.1 Å². The number of ketones is 1. The normalized spacial score (nSPS) is 16.8. The van der Waals surface area contributed by atoms with Crippen molar-refractivity contribution in [1.82, 2.24) is 4.98 Å². The monoisotopic (exact) mass is 417 g/mol. The Kier molecular flexibility index (Phi) is 6.27. The van der Waals surface area contributed by atoms with Gasteiger partial charge in [0, 0.05) is 10.6 Å². The van der Waals surface area contributed by atoms with Gasteiger partial charge in [-0.25, -0.2) is 9.59 Å². The van der Waals surface area contributed by atoms with E-state index in [4.69, 9.17) is 9.47 Å². The summed E-state index contributed by atoms with van der Waals surface area (Å²) in [5.74, 6) is -0.705. The van der Waals surface area contributed by atoms with Gasteiger partial charge < -0.3 is 14.5 Å². The fraction of sp³-hybridized carbons (Fsp3) is 0.500. The molecule has 0 aliphatic heterocycles. The molecule has 2 aromatic heterocycles. The van der Waals surface area contributed by atoms with E-state index in [9.17, 15) is 14.4 Å². The number of hydrogen-bond donors (Lipinski definition) is 1. The second-order valence-corrected chi connectivity index (χ2v) is 8.80. The third-order valence-corrected chi connectivity index (χ3v) is 6.56. The molecule has 7 heteroatoms. The number of carbonyl (C=O) groups excluding carboxylic acids is 3. The summed E-state index contributed by atoms with van der Waals surface area (Å²) in [7, 11) is 0. The lowest BCUT2D eigenvalue weighted by Crippen LogP contribution is -2.25. The van der Waals surface area contributed by atoms with Gasteiger partial charge in [-0.3, -0.25) is 4.79 Å². The minimum absolute atomic E-state index is 0.254. The molecule has 1 aliphatic rings. The standard InChI is InChI=1S/C22H27NO5S/c1-6-27-22(26)18-12(3)19(23-13(18)4)20(24)14(5)28-21(25)17-10-15-9-11(2)7-8-16(15)29-17/h10-11,14,23H,6-9H2,1-5H3/t11-,14-/m0/s1. The van der Waals surface area contributed by atoms with Crippen LogP contribution in [0, 0.1) is 19.8 Å². The summed E-state index contributed by atoms with van der Waals surface area (Å²) in [5, 5.41) is 0. The maximum Gasteiger partial charge on any atom is 0.349 e. The Labute approximate surface area is 174 Å². The highest BCUT2D eigenvalue weighted by Gasteiger charge is 2.29. The number of ether oxygens (including phenoxy) is 2. The minimum atomic E-state index is -0.965. The fourth-order valence-corrected chi connectivity index (χ4v) is 4.88. The lowest BCUT2D eigenvalue weighted by molar-refractivity contribution is 0.0321. The maximum atomic E-state index is 12.9. The highest BCUT2D eigenvalue weighted by atomic mass is 32.1. The number of rotatable bonds is 6. The zero-order chi connectivity index (χ0) is 21.3. The van der Waals surface area contributed by atoms with Crippen molar-refractivity contribution in [3.8, 4) is 0 Å². The molecule has 0 spiro atoms. The first-order chi connectivity index (χ1) is 13.7. The van der Waals surface area contributed by atoms with Crippen LogP contribution >= 0.6 is 11.3 Å². The second-order valence-electron chi connectivity index (χ2n) is 7.66. The van der Waals surface area contributed by atoms with Crippen LogP contribution in [-0.4, -0.2) is 35.4 Å². The summed E-state index contributed by atoms with van der Waals surface area (Å²) < 4.78 is 10.5. The van der Waals surface area contributed by atoms with Gasteiger partial charge >= 0.3 is 11.9 Å². The first-order valence-corrected chi connectivity index (χ1v) is 10.8. The van der Waals surface area contributed by atoms with Crippen LogP contribution in [0.25, 0.3) is 0 Å². The van der Waals surface area contributed by atoms with Gasteiger partial charge in [-0.15, -0.1) is 11.3 Å². The van der Waals surface area contributed by atoms with Crippen molar-refractivity contribution in [2.75, 3.05) is 6.61 Å². The zero-order valence-electron chi connectivity index (χ0n) is 17.5. The number of hydrogen-bond acceptors (Lipinski definition) is 6. The van der Waals surface area contributed by atoms with E-state index in [1.54, 1.807) is 27.7 Å². The highest BCUT2D eigenvalue weighted by molar-refractivity contribution is 7.14. The van der Waals surface area contributed by atoms with E-state index >= 15 is 0 Å². The third kappa shape index (κ3) is 4.29. The Hall–Kier alpha value is -2.41. The van der Waals surface area contributed by atoms with E-state index in [0.717, 1.165) is 19.3 Å². The lowest BCUT2D eigenvalue weighted by Gasteiger charge is -2.16. The number of nitrogens with one attached hydrogen (secondary N) is 1. The molecule has 0 aromatic carbocycles. The summed E-state index contributed by atoms with van der Waals surface area (Å²) in [5.41, 5.74) is 2.91. The number of aromatic amines is 1. The van der Waals surface area contributed by atoms with Crippen LogP contribution in [0.15, 0.2) is 6.07 Å². The molecule has 0 unspecified atom stereocenters. The molecule has 1 N–H and O–H groups in total. The average molecular weight is 418 g/mol. The van der Waals surface area contributed by atoms with Crippen LogP contribution in [-0.2, 0) is 22.3 Å². The van der Waals surface area contributed by atoms with Crippen LogP contribution in [0.5, 0.6) is 0 Å². The molecule has 29 heavy (non-hydrogen) atoms. The van der Waals surface area contributed by atoms with Gasteiger partial charge in [0.15, 0.2) is 6.10 Å². The van der Waals surface area contributed by atoms with Crippen LogP contribution in [0.2, 0.25) is 0 Å². The molecular formula is C22H27NO5S. The third-order valence-electron chi connectivity index (χ3n) is 5.35. The van der Waals surface area contributed by atoms with Crippen LogP contribution in [0.4, 0.5) is 0 Å². The van der Waals surface area contributed by atoms with E-state index in [1.165, 1.54) is 21.8 Å². The SMILES string of the molecule is CCOC(=O)c1c(C)[nH]c(C(=O)[C@H](C)OC(=O)c2cc3c(s2)CC[C@H](C)C3)c1C. The molecule has 2 heterocycles. The smallest absolute Gasteiger partial charge is 0.349 e. The number of thiophene rings is 1. The maximum absolute atomic E-state index is 12.9. The van der Waals surface area contributed by atoms with Gasteiger partial charge in [-0.1, -0.05) is 6.92 Å². The Balaban J connectivity index is 1.73. The lowest BCUT2D eigenvalue weighted by atomic mass is 9.90. The predicted molar refractivity (Wildman–Crippen MR) is 111 cm³/mol. The number of fused-ring (bicyclic) bond motifs is 1. The highest BCUT2D eigenvalue weighted by Crippen LogP contribution is 2.32. The van der Waals surface area contributed by atoms with Crippen LogP contribution in [0.3, 0.4) is 0 Å². The summed E-state index contributed by atoms with van der Waals surface area (Å²) in [6, 6.07) is 1.90. The van der Waals surface area contributed by atoms with Crippen molar-refractivity contribution in [2.45, 2.75) is 60.0 Å². The molecule has 0 fully saturated rings. The van der Waals surface area contributed by atoms with E-state index < -0.39 is 18.0 Å². The van der Waals surface area contributed by atoms with Crippen molar-refractivity contribution in [3.05, 3.63) is 43.9 Å². The topological polar surface area (TPSA) is 85.5 Å². The molecule has 156 valence electrons. The van der Waals surface area contributed by atoms with E-state index in [-0.39, 0.29) is 18.1 Å². The summed E-state index contributed by atoms with van der Waals surface area (Å²) in [6.45, 7) is 9.14. The van der Waals surface area contributed by atoms with Gasteiger partial charge in [0.1, 0.15) is 4.88 Å². The second kappa shape index (κ2) is 8.53. The van der Waals surface area contributed by atoms with Gasteiger partial charge in [0.2, 0.25) is 5.78 Å². The quantitative estimate of drug-likeness (QED) is 0.555. The van der Waals surface area contributed by atoms with Gasteiger partial charge in [-0.2, -0.15) is 0 Å². The number of H-pyrrole nitrogens is 1. The largest absolute Gasteiger partial charge is 0.462 e. The number of aromatic nitrogens is 1. The average Bonchev–Trinajstić information content (AvgIpc) is 3.21. The van der Waals surface area contributed by atoms with E-state index in [1.807, 2.05) is 6.07 Å². The number of Topliss-reactive ketones (excluding diaryl/α,β-unsaturated/α-hetero) is 1. The molecule has 2 aromatic rings. The summed E-state index contributed by atoms with van der Waals surface area (Å²) in [6.07, 6.45) is 2.13. The van der Waals surface area contributed by atoms with Crippen molar-refractivity contribution in [2.24, 2.45) is 5.92 Å². The number of carbonyl (C=O) groups is 3. The Morgan fingerprint density at radius 3 is 2.69 bits per heavy atom. The van der Waals surface area contributed by atoms with E-state index in [0.29, 0.717) is 27.6 Å². The van der Waals surface area contributed by atoms with Crippen molar-refractivity contribution >= 4 is 29.1 Å². The van der Waals surface area contributed by atoms with Crippen LogP contribution < -0.4 is 0 Å². The molecule has 0 radical (unpaired) electrons. The minimum Gasteiger partial charge on any atom is -0.462 e. The molecule has 0 amide bonds. The van der Waals surface area contributed by atoms with Gasteiger partial charge in [0.25, 0.3) is 0 Å². The van der Waals surface area contributed by atoms with E-state index in [2.05, 4.69) is 11.9 Å². The fourth-order valence-electron chi connectivity index (χ4n) is 3.79. The molecule has 3 rings (SSSR count).